The van der Waals surface area contributed by atoms with Gasteiger partial charge >= 0.3 is 0 Å². The molecule has 0 bridgehead atoms. The molecule has 0 atom stereocenters. The van der Waals surface area contributed by atoms with Crippen LogP contribution in [-0.4, -0.2) is 29.9 Å². The molecule has 0 aliphatic carbocycles. The SMILES string of the molecule is C=CN/C(=C/c1ncnc(/C=C2\Nc3[nH]ccc3NN2C=C)c2cncc1-2)Nc1[nH]ccc1N. The standard InChI is InChI=1S/C23H23N11/c1-3-26-20(31-22-16(24)5-7-27-22)9-18-14-11-25-12-15(14)19(30-13-29-18)10-21-32-23-17(6-8-28-23)33-34(21)4-2/h3-13,26-28,31-33H,1-2,24H2/b20-9-,21-10+. The molecule has 0 saturated carbocycles. The normalized spacial score (nSPS) is 14.3. The fraction of sp³-hybridized carbons (Fsp3) is 0. The van der Waals surface area contributed by atoms with Crippen molar-refractivity contribution in [1.82, 2.24) is 35.2 Å². The van der Waals surface area contributed by atoms with Crippen LogP contribution >= 0.6 is 0 Å². The molecule has 34 heavy (non-hydrogen) atoms. The van der Waals surface area contributed by atoms with Gasteiger partial charge in [-0.2, -0.15) is 0 Å². The van der Waals surface area contributed by atoms with Crippen molar-refractivity contribution in [3.8, 4) is 11.1 Å². The van der Waals surface area contributed by atoms with Gasteiger partial charge in [0.25, 0.3) is 0 Å². The summed E-state index contributed by atoms with van der Waals surface area (Å²) in [4.78, 5) is 19.7. The molecule has 8 N–H and O–H groups in total. The summed E-state index contributed by atoms with van der Waals surface area (Å²) in [5, 5.41) is 11.4. The number of H-pyrrole nitrogens is 2. The highest BCUT2D eigenvalue weighted by atomic mass is 15.6. The lowest BCUT2D eigenvalue weighted by atomic mass is 10.1. The van der Waals surface area contributed by atoms with Gasteiger partial charge in [0.2, 0.25) is 0 Å². The zero-order valence-electron chi connectivity index (χ0n) is 18.1. The third-order valence-corrected chi connectivity index (χ3v) is 5.18. The summed E-state index contributed by atoms with van der Waals surface area (Å²) in [5.41, 5.74) is 13.8. The second-order valence-electron chi connectivity index (χ2n) is 7.30. The predicted octanol–water partition coefficient (Wildman–Crippen LogP) is 3.55. The van der Waals surface area contributed by atoms with Crippen molar-refractivity contribution in [2.75, 3.05) is 21.8 Å². The van der Waals surface area contributed by atoms with E-state index in [-0.39, 0.29) is 0 Å². The first-order valence-electron chi connectivity index (χ1n) is 10.4. The number of rotatable bonds is 7. The Morgan fingerprint density at radius 3 is 2.62 bits per heavy atom. The highest BCUT2D eigenvalue weighted by Gasteiger charge is 2.20. The van der Waals surface area contributed by atoms with Gasteiger partial charge in [0.15, 0.2) is 0 Å². The lowest BCUT2D eigenvalue weighted by molar-refractivity contribution is 0.560. The Kier molecular flexibility index (Phi) is 5.32. The lowest BCUT2D eigenvalue weighted by Crippen LogP contribution is -2.31. The van der Waals surface area contributed by atoms with E-state index in [1.54, 1.807) is 42.1 Å². The molecule has 3 aliphatic rings. The smallest absolute Gasteiger partial charge is 0.134 e. The van der Waals surface area contributed by atoms with Gasteiger partial charge < -0.3 is 31.7 Å². The quantitative estimate of drug-likeness (QED) is 0.223. The second kappa shape index (κ2) is 8.74. The Morgan fingerprint density at radius 2 is 1.85 bits per heavy atom. The summed E-state index contributed by atoms with van der Waals surface area (Å²) in [6.07, 6.45) is 15.6. The molecule has 3 aliphatic heterocycles. The van der Waals surface area contributed by atoms with Gasteiger partial charge in [0.05, 0.1) is 22.8 Å². The van der Waals surface area contributed by atoms with Crippen LogP contribution in [-0.2, 0) is 0 Å². The van der Waals surface area contributed by atoms with Crippen LogP contribution in [0.4, 0.5) is 23.0 Å². The van der Waals surface area contributed by atoms with Crippen LogP contribution in [0.2, 0.25) is 0 Å². The number of anilines is 4. The zero-order valence-corrected chi connectivity index (χ0v) is 18.1. The van der Waals surface area contributed by atoms with Crippen LogP contribution in [0.15, 0.2) is 80.4 Å². The Hall–Kier alpha value is -5.19. The molecule has 11 nitrogen and oxygen atoms in total. The maximum atomic E-state index is 5.99. The Morgan fingerprint density at radius 1 is 1.06 bits per heavy atom. The van der Waals surface area contributed by atoms with Crippen molar-refractivity contribution in [3.63, 3.8) is 0 Å². The highest BCUT2D eigenvalue weighted by molar-refractivity contribution is 5.82. The largest absolute Gasteiger partial charge is 0.396 e. The van der Waals surface area contributed by atoms with Gasteiger partial charge in [-0.05, 0) is 18.3 Å². The fourth-order valence-corrected chi connectivity index (χ4v) is 3.56. The number of nitrogens with one attached hydrogen (secondary N) is 6. The molecular formula is C23H23N11. The fourth-order valence-electron chi connectivity index (χ4n) is 3.56. The van der Waals surface area contributed by atoms with E-state index in [0.717, 1.165) is 28.5 Å². The number of hydrazine groups is 1. The van der Waals surface area contributed by atoms with Crippen LogP contribution in [0.3, 0.4) is 0 Å². The van der Waals surface area contributed by atoms with Crippen molar-refractivity contribution >= 4 is 35.2 Å². The predicted molar refractivity (Wildman–Crippen MR) is 135 cm³/mol. The molecule has 0 radical (unpaired) electrons. The number of nitrogens with zero attached hydrogens (tertiary/aromatic N) is 4. The molecule has 5 heterocycles. The van der Waals surface area contributed by atoms with Gasteiger partial charge in [-0.3, -0.25) is 10.4 Å². The first-order valence-corrected chi connectivity index (χ1v) is 10.4. The van der Waals surface area contributed by atoms with E-state index in [1.807, 2.05) is 24.4 Å². The van der Waals surface area contributed by atoms with Gasteiger partial charge in [0.1, 0.15) is 29.6 Å². The molecule has 0 spiro atoms. The minimum atomic E-state index is 0.588. The summed E-state index contributed by atoms with van der Waals surface area (Å²) in [5.74, 6) is 2.87. The minimum Gasteiger partial charge on any atom is -0.396 e. The van der Waals surface area contributed by atoms with E-state index in [0.29, 0.717) is 28.7 Å². The molecule has 11 heteroatoms. The first kappa shape index (κ1) is 20.7. The number of nitrogen functional groups attached to an aromatic ring is 1. The second-order valence-corrected chi connectivity index (χ2v) is 7.30. The molecule has 0 amide bonds. The Bertz CT molecular complexity index is 1380. The number of aromatic amines is 2. The summed E-state index contributed by atoms with van der Waals surface area (Å²) in [7, 11) is 0. The molecule has 2 aromatic heterocycles. The minimum absolute atomic E-state index is 0.588. The van der Waals surface area contributed by atoms with E-state index in [1.165, 1.54) is 6.33 Å². The van der Waals surface area contributed by atoms with Crippen LogP contribution < -0.4 is 27.1 Å². The number of hydrogen-bond donors (Lipinski definition) is 7. The molecule has 0 fully saturated rings. The van der Waals surface area contributed by atoms with Gasteiger partial charge in [-0.1, -0.05) is 13.2 Å². The van der Waals surface area contributed by atoms with E-state index < -0.39 is 0 Å². The van der Waals surface area contributed by atoms with Gasteiger partial charge in [-0.25, -0.2) is 15.0 Å². The van der Waals surface area contributed by atoms with Gasteiger partial charge in [0, 0.05) is 54.3 Å². The van der Waals surface area contributed by atoms with Crippen LogP contribution in [0.5, 0.6) is 0 Å². The van der Waals surface area contributed by atoms with Crippen molar-refractivity contribution in [3.05, 3.63) is 91.8 Å². The molecular weight excluding hydrogens is 430 g/mol. The van der Waals surface area contributed by atoms with E-state index in [4.69, 9.17) is 5.73 Å². The number of hydrogen-bond acceptors (Lipinski definition) is 9. The summed E-state index contributed by atoms with van der Waals surface area (Å²) in [6.45, 7) is 7.64. The molecule has 0 unspecified atom stereocenters. The molecule has 5 rings (SSSR count). The van der Waals surface area contributed by atoms with Crippen molar-refractivity contribution in [1.29, 1.82) is 0 Å². The van der Waals surface area contributed by atoms with E-state index in [2.05, 4.69) is 59.5 Å². The molecule has 0 saturated heterocycles. The highest BCUT2D eigenvalue weighted by Crippen LogP contribution is 2.32. The molecule has 2 aromatic rings. The van der Waals surface area contributed by atoms with Crippen molar-refractivity contribution in [2.24, 2.45) is 0 Å². The monoisotopic (exact) mass is 453 g/mol. The molecule has 170 valence electrons. The third-order valence-electron chi connectivity index (χ3n) is 5.18. The van der Waals surface area contributed by atoms with Gasteiger partial charge in [-0.15, -0.1) is 0 Å². The number of fused-ring (bicyclic) bond motifs is 2. The number of aromatic nitrogens is 5. The van der Waals surface area contributed by atoms with Crippen molar-refractivity contribution in [2.45, 2.75) is 0 Å². The average molecular weight is 454 g/mol. The maximum Gasteiger partial charge on any atom is 0.134 e. The van der Waals surface area contributed by atoms with E-state index >= 15 is 0 Å². The van der Waals surface area contributed by atoms with E-state index in [9.17, 15) is 0 Å². The number of nitrogens with two attached hydrogens (primary N) is 1. The Balaban J connectivity index is 1.51. The zero-order chi connectivity index (χ0) is 23.5. The van der Waals surface area contributed by atoms with Crippen LogP contribution in [0, 0.1) is 0 Å². The maximum absolute atomic E-state index is 5.99. The van der Waals surface area contributed by atoms with Crippen molar-refractivity contribution < 1.29 is 0 Å². The van der Waals surface area contributed by atoms with Crippen LogP contribution in [0.1, 0.15) is 11.4 Å². The first-order chi connectivity index (χ1) is 16.7. The summed E-state index contributed by atoms with van der Waals surface area (Å²) < 4.78 is 0. The average Bonchev–Trinajstić information content (AvgIpc) is 3.57. The Labute approximate surface area is 195 Å². The summed E-state index contributed by atoms with van der Waals surface area (Å²) in [6, 6.07) is 3.70. The topological polar surface area (TPSA) is 148 Å². The summed E-state index contributed by atoms with van der Waals surface area (Å²) >= 11 is 0. The molecule has 0 aromatic carbocycles. The van der Waals surface area contributed by atoms with Crippen LogP contribution in [0.25, 0.3) is 23.3 Å². The third kappa shape index (κ3) is 3.88. The lowest BCUT2D eigenvalue weighted by Gasteiger charge is -2.30.